The monoisotopic (exact) mass is 233 g/mol. The highest BCUT2D eigenvalue weighted by Crippen LogP contribution is 2.36. The molecule has 0 radical (unpaired) electrons. The Morgan fingerprint density at radius 1 is 0.833 bits per heavy atom. The zero-order chi connectivity index (χ0) is 11.9. The third-order valence-electron chi connectivity index (χ3n) is 3.97. The Bertz CT molecular complexity index is 721. The van der Waals surface area contributed by atoms with Crippen LogP contribution < -0.4 is 0 Å². The summed E-state index contributed by atoms with van der Waals surface area (Å²) in [7, 11) is 0. The molecule has 1 aliphatic carbocycles. The van der Waals surface area contributed by atoms with E-state index in [0.717, 1.165) is 0 Å². The van der Waals surface area contributed by atoms with E-state index in [1.165, 1.54) is 52.5 Å². The number of rotatable bonds is 0. The Morgan fingerprint density at radius 3 is 2.67 bits per heavy atom. The average molecular weight is 233 g/mol. The maximum Gasteiger partial charge on any atom is 0.0500 e. The lowest BCUT2D eigenvalue weighted by Crippen LogP contribution is -1.86. The predicted molar refractivity (Wildman–Crippen MR) is 75.8 cm³/mol. The molecule has 88 valence electrons. The zero-order valence-corrected chi connectivity index (χ0v) is 10.2. The van der Waals surface area contributed by atoms with Crippen LogP contribution in [-0.2, 0) is 12.8 Å². The third kappa shape index (κ3) is 1.34. The molecule has 0 fully saturated rings. The van der Waals surface area contributed by atoms with Crippen LogP contribution in [-0.4, -0.2) is 4.98 Å². The van der Waals surface area contributed by atoms with Crippen LogP contribution in [0.4, 0.5) is 0 Å². The Labute approximate surface area is 106 Å². The summed E-state index contributed by atoms with van der Waals surface area (Å²) in [5, 5.41) is 1.39. The summed E-state index contributed by atoms with van der Waals surface area (Å²) in [6.07, 6.45) is 3.60. The molecule has 0 amide bonds. The van der Waals surface area contributed by atoms with E-state index >= 15 is 0 Å². The van der Waals surface area contributed by atoms with Gasteiger partial charge in [-0.2, -0.15) is 0 Å². The van der Waals surface area contributed by atoms with Crippen LogP contribution in [0.25, 0.3) is 22.2 Å². The normalized spacial score (nSPS) is 14.0. The molecule has 1 heterocycles. The van der Waals surface area contributed by atoms with Crippen LogP contribution in [0.1, 0.15) is 17.5 Å². The summed E-state index contributed by atoms with van der Waals surface area (Å²) in [4.78, 5) is 3.61. The van der Waals surface area contributed by atoms with Gasteiger partial charge in [-0.05, 0) is 36.5 Å². The molecule has 0 atom stereocenters. The van der Waals surface area contributed by atoms with Gasteiger partial charge in [-0.25, -0.2) is 0 Å². The Hall–Kier alpha value is -2.02. The molecule has 0 unspecified atom stereocenters. The van der Waals surface area contributed by atoms with Crippen molar-refractivity contribution in [2.24, 2.45) is 0 Å². The summed E-state index contributed by atoms with van der Waals surface area (Å²) in [6.45, 7) is 0. The number of hydrogen-bond acceptors (Lipinski definition) is 0. The second-order valence-electron chi connectivity index (χ2n) is 5.03. The number of fused-ring (bicyclic) bond motifs is 5. The minimum Gasteiger partial charge on any atom is -0.354 e. The fraction of sp³-hybridized carbons (Fsp3) is 0.176. The molecule has 4 rings (SSSR count). The molecular formula is C17H15N. The van der Waals surface area contributed by atoms with Crippen LogP contribution in [0.3, 0.4) is 0 Å². The Kier molecular flexibility index (Phi) is 2.07. The van der Waals surface area contributed by atoms with Crippen molar-refractivity contribution in [1.29, 1.82) is 0 Å². The quantitative estimate of drug-likeness (QED) is 0.595. The van der Waals surface area contributed by atoms with Crippen LogP contribution in [0.5, 0.6) is 0 Å². The van der Waals surface area contributed by atoms with Crippen molar-refractivity contribution in [2.45, 2.75) is 19.3 Å². The first-order valence-electron chi connectivity index (χ1n) is 6.61. The number of hydrogen-bond donors (Lipinski definition) is 1. The van der Waals surface area contributed by atoms with Crippen molar-refractivity contribution in [3.63, 3.8) is 0 Å². The van der Waals surface area contributed by atoms with Crippen LogP contribution in [0.2, 0.25) is 0 Å². The van der Waals surface area contributed by atoms with E-state index in [1.807, 2.05) is 0 Å². The highest BCUT2D eigenvalue weighted by atomic mass is 14.7. The minimum absolute atomic E-state index is 1.17. The van der Waals surface area contributed by atoms with Gasteiger partial charge in [0.05, 0.1) is 0 Å². The number of benzene rings is 2. The second kappa shape index (κ2) is 3.74. The first kappa shape index (κ1) is 9.95. The van der Waals surface area contributed by atoms with Crippen LogP contribution in [0, 0.1) is 0 Å². The van der Waals surface area contributed by atoms with Gasteiger partial charge in [-0.1, -0.05) is 42.5 Å². The molecule has 18 heavy (non-hydrogen) atoms. The van der Waals surface area contributed by atoms with Crippen LogP contribution >= 0.6 is 0 Å². The van der Waals surface area contributed by atoms with Gasteiger partial charge in [0.2, 0.25) is 0 Å². The highest BCUT2D eigenvalue weighted by molar-refractivity contribution is 5.91. The molecule has 1 nitrogen and oxygen atoms in total. The molecule has 0 aliphatic heterocycles. The van der Waals surface area contributed by atoms with Crippen molar-refractivity contribution in [2.75, 3.05) is 0 Å². The maximum atomic E-state index is 3.61. The maximum absolute atomic E-state index is 3.61. The fourth-order valence-corrected chi connectivity index (χ4v) is 3.13. The zero-order valence-electron chi connectivity index (χ0n) is 10.2. The molecule has 2 aromatic carbocycles. The number of aryl methyl sites for hydroxylation is 2. The van der Waals surface area contributed by atoms with Crippen molar-refractivity contribution >= 4 is 10.9 Å². The second-order valence-corrected chi connectivity index (χ2v) is 5.03. The van der Waals surface area contributed by atoms with Gasteiger partial charge in [0.25, 0.3) is 0 Å². The van der Waals surface area contributed by atoms with Crippen molar-refractivity contribution in [3.05, 3.63) is 59.7 Å². The summed E-state index contributed by atoms with van der Waals surface area (Å²) < 4.78 is 0. The van der Waals surface area contributed by atoms with E-state index in [1.54, 1.807) is 0 Å². The summed E-state index contributed by atoms with van der Waals surface area (Å²) in [5.41, 5.74) is 6.96. The van der Waals surface area contributed by atoms with Gasteiger partial charge in [0.1, 0.15) is 0 Å². The fourth-order valence-electron chi connectivity index (χ4n) is 3.13. The topological polar surface area (TPSA) is 15.8 Å². The standard InChI is InChI=1S/C17H15N/c1-2-8-13-12(6-1)7-5-10-15-14-9-3-4-11-16(14)18-17(13)15/h1-4,6,8-9,11,18H,5,7,10H2. The number of nitrogens with one attached hydrogen (secondary N) is 1. The van der Waals surface area contributed by atoms with Gasteiger partial charge < -0.3 is 4.98 Å². The van der Waals surface area contributed by atoms with E-state index < -0.39 is 0 Å². The van der Waals surface area contributed by atoms with E-state index in [9.17, 15) is 0 Å². The van der Waals surface area contributed by atoms with Gasteiger partial charge in [-0.15, -0.1) is 0 Å². The van der Waals surface area contributed by atoms with Crippen molar-refractivity contribution < 1.29 is 0 Å². The first-order valence-corrected chi connectivity index (χ1v) is 6.61. The van der Waals surface area contributed by atoms with E-state index in [-0.39, 0.29) is 0 Å². The lowest BCUT2D eigenvalue weighted by molar-refractivity contribution is 0.839. The van der Waals surface area contributed by atoms with Gasteiger partial charge in [0, 0.05) is 22.2 Å². The number of aromatic nitrogens is 1. The number of para-hydroxylation sites is 1. The summed E-state index contributed by atoms with van der Waals surface area (Å²) >= 11 is 0. The molecule has 1 heteroatoms. The highest BCUT2D eigenvalue weighted by Gasteiger charge is 2.17. The van der Waals surface area contributed by atoms with E-state index in [2.05, 4.69) is 53.5 Å². The average Bonchev–Trinajstić information content (AvgIpc) is 2.69. The molecule has 0 saturated heterocycles. The molecule has 1 aliphatic rings. The summed E-state index contributed by atoms with van der Waals surface area (Å²) in [6, 6.07) is 17.4. The molecule has 3 aromatic rings. The smallest absolute Gasteiger partial charge is 0.0500 e. The molecule has 0 bridgehead atoms. The van der Waals surface area contributed by atoms with Gasteiger partial charge in [-0.3, -0.25) is 0 Å². The number of H-pyrrole nitrogens is 1. The summed E-state index contributed by atoms with van der Waals surface area (Å²) in [5.74, 6) is 0. The third-order valence-corrected chi connectivity index (χ3v) is 3.97. The Balaban J connectivity index is 2.09. The van der Waals surface area contributed by atoms with Gasteiger partial charge in [0.15, 0.2) is 0 Å². The lowest BCUT2D eigenvalue weighted by atomic mass is 10.0. The SMILES string of the molecule is c1ccc2c(c1)CCCc1c-2[nH]c2ccccc12. The van der Waals surface area contributed by atoms with Crippen molar-refractivity contribution in [3.8, 4) is 11.3 Å². The number of aromatic amines is 1. The Morgan fingerprint density at radius 2 is 1.67 bits per heavy atom. The van der Waals surface area contributed by atoms with Gasteiger partial charge >= 0.3 is 0 Å². The molecule has 0 spiro atoms. The predicted octanol–water partition coefficient (Wildman–Crippen LogP) is 4.32. The lowest BCUT2D eigenvalue weighted by Gasteiger charge is -2.04. The first-order chi connectivity index (χ1) is 8.93. The van der Waals surface area contributed by atoms with Crippen molar-refractivity contribution in [1.82, 2.24) is 4.98 Å². The van der Waals surface area contributed by atoms with E-state index in [4.69, 9.17) is 0 Å². The molecule has 1 aromatic heterocycles. The minimum atomic E-state index is 1.17. The van der Waals surface area contributed by atoms with Crippen LogP contribution in [0.15, 0.2) is 48.5 Å². The largest absolute Gasteiger partial charge is 0.354 e. The molecular weight excluding hydrogens is 218 g/mol. The van der Waals surface area contributed by atoms with E-state index in [0.29, 0.717) is 0 Å². The molecule has 1 N–H and O–H groups in total. The molecule has 0 saturated carbocycles.